The second-order valence-corrected chi connectivity index (χ2v) is 5.41. The van der Waals surface area contributed by atoms with Gasteiger partial charge in [0.2, 0.25) is 5.91 Å². The average Bonchev–Trinajstić information content (AvgIpc) is 2.52. The molecule has 20 heavy (non-hydrogen) atoms. The normalized spacial score (nSPS) is 18.1. The van der Waals surface area contributed by atoms with E-state index in [0.29, 0.717) is 5.92 Å². The summed E-state index contributed by atoms with van der Waals surface area (Å²) in [6, 6.07) is 9.21. The van der Waals surface area contributed by atoms with Crippen LogP contribution in [0.15, 0.2) is 42.5 Å². The summed E-state index contributed by atoms with van der Waals surface area (Å²) in [5, 5.41) is 12.3. The number of hydrogen-bond donors (Lipinski definition) is 2. The largest absolute Gasteiger partial charge is 0.394 e. The van der Waals surface area contributed by atoms with Gasteiger partial charge in [-0.3, -0.25) is 4.79 Å². The summed E-state index contributed by atoms with van der Waals surface area (Å²) in [5.41, 5.74) is 0.925. The Morgan fingerprint density at radius 2 is 1.95 bits per heavy atom. The van der Waals surface area contributed by atoms with E-state index in [1.807, 2.05) is 36.4 Å². The molecule has 1 amide bonds. The van der Waals surface area contributed by atoms with Crippen LogP contribution in [0.1, 0.15) is 43.7 Å². The Labute approximate surface area is 120 Å². The van der Waals surface area contributed by atoms with Crippen LogP contribution in [0.5, 0.6) is 0 Å². The summed E-state index contributed by atoms with van der Waals surface area (Å²) in [7, 11) is 0. The Morgan fingerprint density at radius 1 is 1.25 bits per heavy atom. The van der Waals surface area contributed by atoms with E-state index in [-0.39, 0.29) is 18.6 Å². The molecule has 1 aromatic carbocycles. The lowest BCUT2D eigenvalue weighted by Crippen LogP contribution is -2.29. The van der Waals surface area contributed by atoms with Gasteiger partial charge in [-0.1, -0.05) is 55.7 Å². The van der Waals surface area contributed by atoms with E-state index in [1.54, 1.807) is 6.08 Å². The first kappa shape index (κ1) is 14.8. The van der Waals surface area contributed by atoms with Crippen LogP contribution in [-0.4, -0.2) is 17.6 Å². The zero-order valence-corrected chi connectivity index (χ0v) is 11.8. The molecule has 1 fully saturated rings. The van der Waals surface area contributed by atoms with Gasteiger partial charge < -0.3 is 10.4 Å². The van der Waals surface area contributed by atoms with Gasteiger partial charge in [-0.15, -0.1) is 0 Å². The fraction of sp³-hybridized carbons (Fsp3) is 0.471. The summed E-state index contributed by atoms with van der Waals surface area (Å²) >= 11 is 0. The van der Waals surface area contributed by atoms with Gasteiger partial charge in [0.15, 0.2) is 0 Å². The van der Waals surface area contributed by atoms with Gasteiger partial charge in [-0.25, -0.2) is 0 Å². The van der Waals surface area contributed by atoms with Crippen molar-refractivity contribution < 1.29 is 9.90 Å². The van der Waals surface area contributed by atoms with Crippen LogP contribution in [0.4, 0.5) is 0 Å². The van der Waals surface area contributed by atoms with Gasteiger partial charge in [0.25, 0.3) is 0 Å². The number of aliphatic hydroxyl groups excluding tert-OH is 1. The number of amides is 1. The number of allylic oxidation sites excluding steroid dienone is 1. The van der Waals surface area contributed by atoms with Gasteiger partial charge in [0, 0.05) is 0 Å². The Morgan fingerprint density at radius 3 is 2.60 bits per heavy atom. The third-order valence-corrected chi connectivity index (χ3v) is 3.87. The van der Waals surface area contributed by atoms with Gasteiger partial charge >= 0.3 is 0 Å². The molecule has 1 aliphatic rings. The molecular weight excluding hydrogens is 250 g/mol. The summed E-state index contributed by atoms with van der Waals surface area (Å²) in [4.78, 5) is 11.9. The van der Waals surface area contributed by atoms with Crippen LogP contribution in [0.3, 0.4) is 0 Å². The van der Waals surface area contributed by atoms with Gasteiger partial charge in [-0.05, 0) is 30.4 Å². The second-order valence-electron chi connectivity index (χ2n) is 5.41. The summed E-state index contributed by atoms with van der Waals surface area (Å²) < 4.78 is 0. The molecule has 3 nitrogen and oxygen atoms in total. The molecule has 0 radical (unpaired) electrons. The maximum atomic E-state index is 11.9. The lowest BCUT2D eigenvalue weighted by molar-refractivity contribution is -0.117. The molecule has 0 aliphatic heterocycles. The predicted molar refractivity (Wildman–Crippen MR) is 80.1 cm³/mol. The number of carbonyl (C=O) groups excluding carboxylic acids is 1. The fourth-order valence-corrected chi connectivity index (χ4v) is 2.69. The van der Waals surface area contributed by atoms with E-state index >= 15 is 0 Å². The molecule has 1 saturated carbocycles. The minimum atomic E-state index is -0.334. The Bertz CT molecular complexity index is 436. The minimum absolute atomic E-state index is 0.0903. The number of carbonyl (C=O) groups is 1. The molecule has 1 atom stereocenters. The number of aliphatic hydroxyl groups is 1. The quantitative estimate of drug-likeness (QED) is 0.810. The smallest absolute Gasteiger partial charge is 0.244 e. The highest BCUT2D eigenvalue weighted by Crippen LogP contribution is 2.24. The van der Waals surface area contributed by atoms with E-state index < -0.39 is 0 Å². The maximum Gasteiger partial charge on any atom is 0.244 e. The Balaban J connectivity index is 1.87. The van der Waals surface area contributed by atoms with Crippen molar-refractivity contribution in [3.8, 4) is 0 Å². The molecule has 1 aliphatic carbocycles. The lowest BCUT2D eigenvalue weighted by atomic mass is 9.89. The topological polar surface area (TPSA) is 49.3 Å². The van der Waals surface area contributed by atoms with E-state index in [4.69, 9.17) is 0 Å². The standard InChI is InChI=1S/C17H23NO2/c19-13-16(15-9-5-2-6-10-15)18-17(20)12-11-14-7-3-1-4-8-14/h2,5-6,9-12,14,16,19H,1,3-4,7-8,13H2,(H,18,20)/b12-11+. The van der Waals surface area contributed by atoms with E-state index in [1.165, 1.54) is 32.1 Å². The second kappa shape index (κ2) is 7.85. The third kappa shape index (κ3) is 4.49. The molecule has 1 aromatic rings. The molecule has 108 valence electrons. The molecule has 1 unspecified atom stereocenters. The Kier molecular flexibility index (Phi) is 5.81. The van der Waals surface area contributed by atoms with Crippen molar-refractivity contribution in [3.05, 3.63) is 48.0 Å². The van der Waals surface area contributed by atoms with E-state index in [9.17, 15) is 9.90 Å². The number of rotatable bonds is 5. The average molecular weight is 273 g/mol. The van der Waals surface area contributed by atoms with Gasteiger partial charge in [0.05, 0.1) is 12.6 Å². The zero-order valence-electron chi connectivity index (χ0n) is 11.8. The first-order valence-electron chi connectivity index (χ1n) is 7.44. The summed E-state index contributed by atoms with van der Waals surface area (Å²) in [6.45, 7) is -0.0903. The molecule has 0 heterocycles. The van der Waals surface area contributed by atoms with Crippen LogP contribution in [0.25, 0.3) is 0 Å². The van der Waals surface area contributed by atoms with Crippen molar-refractivity contribution >= 4 is 5.91 Å². The van der Waals surface area contributed by atoms with Crippen molar-refractivity contribution in [1.82, 2.24) is 5.32 Å². The highest BCUT2D eigenvalue weighted by atomic mass is 16.3. The van der Waals surface area contributed by atoms with Crippen LogP contribution in [0.2, 0.25) is 0 Å². The van der Waals surface area contributed by atoms with E-state index in [0.717, 1.165) is 5.56 Å². The third-order valence-electron chi connectivity index (χ3n) is 3.87. The van der Waals surface area contributed by atoms with Crippen LogP contribution in [0, 0.1) is 5.92 Å². The molecule has 3 heteroatoms. The zero-order chi connectivity index (χ0) is 14.2. The van der Waals surface area contributed by atoms with Crippen molar-refractivity contribution in [3.63, 3.8) is 0 Å². The number of nitrogens with one attached hydrogen (secondary N) is 1. The van der Waals surface area contributed by atoms with E-state index in [2.05, 4.69) is 5.32 Å². The van der Waals surface area contributed by atoms with Crippen LogP contribution in [-0.2, 0) is 4.79 Å². The van der Waals surface area contributed by atoms with Gasteiger partial charge in [-0.2, -0.15) is 0 Å². The first-order chi connectivity index (χ1) is 9.79. The molecule has 2 N–H and O–H groups in total. The fourth-order valence-electron chi connectivity index (χ4n) is 2.69. The Hall–Kier alpha value is -1.61. The van der Waals surface area contributed by atoms with Crippen LogP contribution >= 0.6 is 0 Å². The minimum Gasteiger partial charge on any atom is -0.394 e. The first-order valence-corrected chi connectivity index (χ1v) is 7.44. The van der Waals surface area contributed by atoms with Crippen LogP contribution < -0.4 is 5.32 Å². The molecule has 0 saturated heterocycles. The molecule has 0 aromatic heterocycles. The number of benzene rings is 1. The van der Waals surface area contributed by atoms with Crippen molar-refractivity contribution in [2.75, 3.05) is 6.61 Å². The van der Waals surface area contributed by atoms with Gasteiger partial charge in [0.1, 0.15) is 0 Å². The summed E-state index contributed by atoms with van der Waals surface area (Å²) in [6.07, 6.45) is 9.87. The lowest BCUT2D eigenvalue weighted by Gasteiger charge is -2.18. The predicted octanol–water partition coefficient (Wildman–Crippen LogP) is 2.97. The molecular formula is C17H23NO2. The number of hydrogen-bond acceptors (Lipinski definition) is 2. The molecule has 0 spiro atoms. The van der Waals surface area contributed by atoms with Crippen molar-refractivity contribution in [2.24, 2.45) is 5.92 Å². The summed E-state index contributed by atoms with van der Waals surface area (Å²) in [5.74, 6) is 0.414. The highest BCUT2D eigenvalue weighted by Gasteiger charge is 2.13. The van der Waals surface area contributed by atoms with Crippen molar-refractivity contribution in [1.29, 1.82) is 0 Å². The molecule has 0 bridgehead atoms. The van der Waals surface area contributed by atoms with Crippen molar-refractivity contribution in [2.45, 2.75) is 38.1 Å². The SMILES string of the molecule is O=C(/C=C/C1CCCCC1)NC(CO)c1ccccc1. The molecule has 2 rings (SSSR count). The highest BCUT2D eigenvalue weighted by molar-refractivity contribution is 5.87. The maximum absolute atomic E-state index is 11.9. The monoisotopic (exact) mass is 273 g/mol.